The fraction of sp³-hybridized carbons (Fsp3) is 0.400. The Morgan fingerprint density at radius 3 is 1.70 bits per heavy atom. The van der Waals surface area contributed by atoms with Gasteiger partial charge in [0.1, 0.15) is 10.0 Å². The lowest BCUT2D eigenvalue weighted by molar-refractivity contribution is 0.208. The van der Waals surface area contributed by atoms with Crippen molar-refractivity contribution in [1.29, 1.82) is 0 Å². The third-order valence-electron chi connectivity index (χ3n) is 2.28. The van der Waals surface area contributed by atoms with Crippen LogP contribution in [0.3, 0.4) is 0 Å². The van der Waals surface area contributed by atoms with Gasteiger partial charge >= 0.3 is 12.2 Å². The van der Waals surface area contributed by atoms with Crippen LogP contribution in [0, 0.1) is 0 Å². The molecular weight excluding hydrogens is 364 g/mol. The van der Waals surface area contributed by atoms with Gasteiger partial charge in [-0.2, -0.15) is 11.8 Å². The van der Waals surface area contributed by atoms with Crippen LogP contribution in [0.4, 0.5) is 19.9 Å². The van der Waals surface area contributed by atoms with E-state index in [1.807, 2.05) is 0 Å². The molecule has 0 aromatic carbocycles. The van der Waals surface area contributed by atoms with Crippen molar-refractivity contribution >= 4 is 56.9 Å². The molecule has 0 aliphatic rings. The topological polar surface area (TPSA) is 150 Å². The molecule has 0 fully saturated rings. The first-order valence-electron chi connectivity index (χ1n) is 6.25. The van der Waals surface area contributed by atoms with Gasteiger partial charge in [0.15, 0.2) is 0 Å². The Labute approximate surface area is 142 Å². The van der Waals surface area contributed by atoms with Gasteiger partial charge in [0.2, 0.25) is 10.3 Å². The summed E-state index contributed by atoms with van der Waals surface area (Å²) < 4.78 is 0. The van der Waals surface area contributed by atoms with E-state index >= 15 is 0 Å². The lowest BCUT2D eigenvalue weighted by Gasteiger charge is -1.97. The first-order valence-corrected chi connectivity index (χ1v) is 9.04. The van der Waals surface area contributed by atoms with E-state index in [0.29, 0.717) is 12.8 Å². The molecular formula is C10H12N6O4S3. The lowest BCUT2D eigenvalue weighted by Crippen LogP contribution is -2.06. The van der Waals surface area contributed by atoms with E-state index in [9.17, 15) is 9.59 Å². The van der Waals surface area contributed by atoms with Gasteiger partial charge in [-0.05, 0) is 11.5 Å². The molecule has 13 heteroatoms. The lowest BCUT2D eigenvalue weighted by atomic mass is 10.5. The molecule has 2 heterocycles. The third kappa shape index (κ3) is 6.33. The van der Waals surface area contributed by atoms with E-state index in [-0.39, 0.29) is 10.3 Å². The van der Waals surface area contributed by atoms with Crippen molar-refractivity contribution in [2.75, 3.05) is 22.1 Å². The summed E-state index contributed by atoms with van der Waals surface area (Å²) in [6, 6.07) is 0. The second kappa shape index (κ2) is 8.59. The van der Waals surface area contributed by atoms with Crippen LogP contribution in [0.2, 0.25) is 0 Å². The van der Waals surface area contributed by atoms with Gasteiger partial charge in [-0.3, -0.25) is 10.6 Å². The van der Waals surface area contributed by atoms with Crippen LogP contribution in [0.25, 0.3) is 0 Å². The van der Waals surface area contributed by atoms with Crippen LogP contribution in [0.1, 0.15) is 10.0 Å². The van der Waals surface area contributed by atoms with E-state index in [4.69, 9.17) is 10.2 Å². The highest BCUT2D eigenvalue weighted by molar-refractivity contribution is 7.99. The van der Waals surface area contributed by atoms with Crippen LogP contribution in [0.5, 0.6) is 0 Å². The zero-order valence-electron chi connectivity index (χ0n) is 11.6. The maximum atomic E-state index is 10.4. The van der Waals surface area contributed by atoms with Gasteiger partial charge in [0, 0.05) is 12.8 Å². The molecule has 2 rings (SSSR count). The summed E-state index contributed by atoms with van der Waals surface area (Å²) in [7, 11) is 0. The SMILES string of the molecule is O=C(O)Nc1nnc(CCSCCc2nnc(NC(=O)O)s2)s1. The minimum Gasteiger partial charge on any atom is -0.465 e. The Morgan fingerprint density at radius 2 is 1.30 bits per heavy atom. The number of nitrogens with one attached hydrogen (secondary N) is 2. The number of hydrogen-bond donors (Lipinski definition) is 4. The van der Waals surface area contributed by atoms with Crippen molar-refractivity contribution in [2.24, 2.45) is 0 Å². The first-order chi connectivity index (χ1) is 11.0. The molecule has 2 aromatic heterocycles. The number of carbonyl (C=O) groups is 2. The number of aryl methyl sites for hydroxylation is 2. The van der Waals surface area contributed by atoms with Crippen LogP contribution in [0.15, 0.2) is 0 Å². The minimum atomic E-state index is -1.16. The molecule has 0 saturated heterocycles. The molecule has 0 spiro atoms. The summed E-state index contributed by atoms with van der Waals surface area (Å²) in [6.07, 6.45) is -0.913. The summed E-state index contributed by atoms with van der Waals surface area (Å²) >= 11 is 4.12. The average Bonchev–Trinajstić information content (AvgIpc) is 3.07. The number of thioether (sulfide) groups is 1. The number of aromatic nitrogens is 4. The number of carboxylic acid groups (broad SMARTS) is 2. The van der Waals surface area contributed by atoms with Crippen LogP contribution in [-0.4, -0.2) is 54.3 Å². The van der Waals surface area contributed by atoms with Crippen molar-refractivity contribution in [1.82, 2.24) is 20.4 Å². The van der Waals surface area contributed by atoms with Crippen LogP contribution in [-0.2, 0) is 12.8 Å². The standard InChI is InChI=1S/C10H12N6O4S3/c17-9(18)11-7-15-13-5(22-7)1-3-21-4-2-6-14-16-8(23-6)12-10(19)20/h1-4H2,(H,11,15)(H,12,16)(H,17,18)(H,19,20). The molecule has 0 atom stereocenters. The highest BCUT2D eigenvalue weighted by atomic mass is 32.2. The molecule has 0 saturated carbocycles. The van der Waals surface area contributed by atoms with Gasteiger partial charge in [-0.1, -0.05) is 22.7 Å². The first kappa shape index (κ1) is 17.4. The number of hydrogen-bond acceptors (Lipinski definition) is 9. The smallest absolute Gasteiger partial charge is 0.411 e. The fourth-order valence-corrected chi connectivity index (χ4v) is 4.01. The zero-order chi connectivity index (χ0) is 16.7. The van der Waals surface area contributed by atoms with Gasteiger partial charge < -0.3 is 10.2 Å². The van der Waals surface area contributed by atoms with Crippen molar-refractivity contribution < 1.29 is 19.8 Å². The summed E-state index contributed by atoms with van der Waals surface area (Å²) in [5.74, 6) is 1.64. The summed E-state index contributed by atoms with van der Waals surface area (Å²) in [5.41, 5.74) is 0. The number of amides is 2. The molecule has 0 unspecified atom stereocenters. The molecule has 2 amide bonds. The predicted molar refractivity (Wildman–Crippen MR) is 87.8 cm³/mol. The number of nitrogens with zero attached hydrogens (tertiary/aromatic N) is 4. The molecule has 124 valence electrons. The zero-order valence-corrected chi connectivity index (χ0v) is 14.0. The van der Waals surface area contributed by atoms with E-state index in [1.54, 1.807) is 11.8 Å². The van der Waals surface area contributed by atoms with Crippen molar-refractivity contribution in [2.45, 2.75) is 12.8 Å². The largest absolute Gasteiger partial charge is 0.465 e. The van der Waals surface area contributed by atoms with E-state index in [2.05, 4.69) is 31.0 Å². The number of rotatable bonds is 8. The van der Waals surface area contributed by atoms with Gasteiger partial charge in [0.05, 0.1) is 0 Å². The Bertz CT molecular complexity index is 619. The quantitative estimate of drug-likeness (QED) is 0.508. The molecule has 10 nitrogen and oxygen atoms in total. The monoisotopic (exact) mass is 376 g/mol. The van der Waals surface area contributed by atoms with Crippen molar-refractivity contribution in [3.05, 3.63) is 10.0 Å². The van der Waals surface area contributed by atoms with Gasteiger partial charge in [0.25, 0.3) is 0 Å². The highest BCUT2D eigenvalue weighted by Gasteiger charge is 2.08. The highest BCUT2D eigenvalue weighted by Crippen LogP contribution is 2.19. The predicted octanol–water partition coefficient (Wildman–Crippen LogP) is 2.09. The molecule has 2 aromatic rings. The Morgan fingerprint density at radius 1 is 0.870 bits per heavy atom. The van der Waals surface area contributed by atoms with Crippen LogP contribution < -0.4 is 10.6 Å². The summed E-state index contributed by atoms with van der Waals surface area (Å²) in [6.45, 7) is 0. The Kier molecular flexibility index (Phi) is 6.49. The second-order valence-corrected chi connectivity index (χ2v) is 7.32. The van der Waals surface area contributed by atoms with E-state index < -0.39 is 12.2 Å². The molecule has 0 aliphatic heterocycles. The summed E-state index contributed by atoms with van der Waals surface area (Å²) in [4.78, 5) is 20.9. The van der Waals surface area contributed by atoms with Crippen molar-refractivity contribution in [3.8, 4) is 0 Å². The number of anilines is 2. The maximum Gasteiger partial charge on any atom is 0.411 e. The fourth-order valence-electron chi connectivity index (χ4n) is 1.41. The Balaban J connectivity index is 1.63. The van der Waals surface area contributed by atoms with Gasteiger partial charge in [-0.25, -0.2) is 9.59 Å². The van der Waals surface area contributed by atoms with Gasteiger partial charge in [-0.15, -0.1) is 20.4 Å². The minimum absolute atomic E-state index is 0.268. The normalized spacial score (nSPS) is 10.4. The van der Waals surface area contributed by atoms with E-state index in [0.717, 1.165) is 21.5 Å². The maximum absolute atomic E-state index is 10.4. The molecule has 4 N–H and O–H groups in total. The Hall–Kier alpha value is -1.99. The molecule has 23 heavy (non-hydrogen) atoms. The van der Waals surface area contributed by atoms with Crippen molar-refractivity contribution in [3.63, 3.8) is 0 Å². The van der Waals surface area contributed by atoms with E-state index in [1.165, 1.54) is 22.7 Å². The summed E-state index contributed by atoms with van der Waals surface area (Å²) in [5, 5.41) is 38.8. The third-order valence-corrected chi connectivity index (χ3v) is 5.06. The second-order valence-electron chi connectivity index (χ2n) is 3.97. The molecule has 0 radical (unpaired) electrons. The average molecular weight is 376 g/mol. The molecule has 0 aliphatic carbocycles. The van der Waals surface area contributed by atoms with Crippen LogP contribution >= 0.6 is 34.4 Å². The molecule has 0 bridgehead atoms.